The van der Waals surface area contributed by atoms with Crippen LogP contribution in [-0.4, -0.2) is 168 Å². The van der Waals surface area contributed by atoms with Crippen LogP contribution in [0.4, 0.5) is 0 Å². The molecule has 234 valence electrons. The van der Waals surface area contributed by atoms with Crippen molar-refractivity contribution in [3.63, 3.8) is 0 Å². The summed E-state index contributed by atoms with van der Waals surface area (Å²) in [4.78, 5) is 81.1. The maximum absolute atomic E-state index is 13.4. The normalized spacial score (nSPS) is 32.9. The van der Waals surface area contributed by atoms with E-state index in [9.17, 15) is 54.3 Å². The molecule has 8 atom stereocenters. The van der Waals surface area contributed by atoms with Gasteiger partial charge in [-0.05, 0) is 0 Å². The van der Waals surface area contributed by atoms with Gasteiger partial charge in [0.1, 0.15) is 24.2 Å². The van der Waals surface area contributed by atoms with Gasteiger partial charge in [-0.3, -0.25) is 24.0 Å². The van der Waals surface area contributed by atoms with Crippen LogP contribution in [0, 0.1) is 0 Å². The van der Waals surface area contributed by atoms with Crippen molar-refractivity contribution in [2.24, 2.45) is 5.73 Å². The van der Waals surface area contributed by atoms with Crippen LogP contribution in [0.15, 0.2) is 0 Å². The van der Waals surface area contributed by atoms with Gasteiger partial charge in [-0.1, -0.05) is 0 Å². The van der Waals surface area contributed by atoms with E-state index in [0.717, 1.165) is 14.7 Å². The number of hydrogen-bond acceptors (Lipinski definition) is 11. The summed E-state index contributed by atoms with van der Waals surface area (Å²) in [5.74, 6) is -4.59. The predicted molar refractivity (Wildman–Crippen MR) is 139 cm³/mol. The number of β-amino-alcohol motifs (C(OH)–C–C–N with tert-alkyl or cyclic N) is 4. The second-order valence-electron chi connectivity index (χ2n) is 11.3. The van der Waals surface area contributed by atoms with Crippen LogP contribution in [0.3, 0.4) is 0 Å². The Kier molecular flexibility index (Phi) is 9.67. The summed E-state index contributed by atoms with van der Waals surface area (Å²) in [5.41, 5.74) is 5.46. The molecule has 4 aliphatic heterocycles. The number of rotatable bonds is 8. The molecule has 4 rings (SSSR count). The van der Waals surface area contributed by atoms with Crippen molar-refractivity contribution in [2.45, 2.75) is 80.7 Å². The highest BCUT2D eigenvalue weighted by Crippen LogP contribution is 2.27. The zero-order chi connectivity index (χ0) is 30.9. The first-order valence-electron chi connectivity index (χ1n) is 13.9. The molecule has 0 spiro atoms. The number of carboxylic acids is 1. The molecular weight excluding hydrogens is 560 g/mol. The predicted octanol–water partition coefficient (Wildman–Crippen LogP) is -5.62. The fourth-order valence-electron chi connectivity index (χ4n) is 6.28. The maximum Gasteiger partial charge on any atom is 0.326 e. The maximum atomic E-state index is 13.4. The summed E-state index contributed by atoms with van der Waals surface area (Å²) in [7, 11) is 0. The number of carbonyl (C=O) groups is 6. The number of likely N-dealkylation sites (tertiary alicyclic amines) is 4. The number of nitrogens with one attached hydrogen (secondary N) is 1. The summed E-state index contributed by atoms with van der Waals surface area (Å²) in [5, 5.41) is 52.3. The average molecular weight is 599 g/mol. The number of amides is 5. The number of nitrogens with two attached hydrogens (primary N) is 1. The van der Waals surface area contributed by atoms with E-state index in [4.69, 9.17) is 5.73 Å². The lowest BCUT2D eigenvalue weighted by Gasteiger charge is -2.31. The molecule has 8 N–H and O–H groups in total. The Balaban J connectivity index is 1.40. The van der Waals surface area contributed by atoms with Crippen molar-refractivity contribution in [3.8, 4) is 0 Å². The van der Waals surface area contributed by atoms with Gasteiger partial charge in [0.15, 0.2) is 0 Å². The molecule has 0 aromatic heterocycles. The Morgan fingerprint density at radius 2 is 1.02 bits per heavy atom. The van der Waals surface area contributed by atoms with Crippen molar-refractivity contribution in [3.05, 3.63) is 0 Å². The quantitative estimate of drug-likeness (QED) is 0.138. The fourth-order valence-corrected chi connectivity index (χ4v) is 6.28. The van der Waals surface area contributed by atoms with E-state index in [0.29, 0.717) is 0 Å². The smallest absolute Gasteiger partial charge is 0.326 e. The van der Waals surface area contributed by atoms with Gasteiger partial charge in [0.25, 0.3) is 0 Å². The Morgan fingerprint density at radius 1 is 0.619 bits per heavy atom. The second-order valence-corrected chi connectivity index (χ2v) is 11.3. The molecule has 17 heteroatoms. The van der Waals surface area contributed by atoms with Crippen LogP contribution >= 0.6 is 0 Å². The van der Waals surface area contributed by atoms with Crippen LogP contribution in [0.2, 0.25) is 0 Å². The van der Waals surface area contributed by atoms with Gasteiger partial charge in [0, 0.05) is 64.8 Å². The molecule has 4 heterocycles. The fraction of sp³-hybridized carbons (Fsp3) is 0.760. The van der Waals surface area contributed by atoms with Gasteiger partial charge in [0.05, 0.1) is 31.0 Å². The summed E-state index contributed by atoms with van der Waals surface area (Å²) in [6.07, 6.45) is -4.63. The monoisotopic (exact) mass is 598 g/mol. The van der Waals surface area contributed by atoms with Crippen LogP contribution in [0.1, 0.15) is 32.1 Å². The standard InChI is InChI=1S/C25H38N6O11/c26-2-1-20(36)28-8-13(33)4-17(28)23(39)30-10-12(32)3-16(30)22(38)27-7-21(37)29-9-14(34)5-18(29)24(40)31-11-15(35)6-19(31)25(41)42/h12-19,32-35H,1-11,26H2,(H,27,38)(H,41,42)/t12-,13-,14-,15-,16+,17+,18+,19+/m1/s1. The summed E-state index contributed by atoms with van der Waals surface area (Å²) < 4.78 is 0. The Bertz CT molecular complexity index is 1110. The van der Waals surface area contributed by atoms with Gasteiger partial charge in [-0.15, -0.1) is 0 Å². The van der Waals surface area contributed by atoms with E-state index < -0.39 is 90.6 Å². The van der Waals surface area contributed by atoms with E-state index in [-0.39, 0.29) is 64.8 Å². The third kappa shape index (κ3) is 6.49. The van der Waals surface area contributed by atoms with Crippen molar-refractivity contribution < 1.29 is 54.3 Å². The molecule has 0 aromatic rings. The van der Waals surface area contributed by atoms with E-state index in [2.05, 4.69) is 5.32 Å². The number of aliphatic carboxylic acids is 1. The SMILES string of the molecule is NCCC(=O)N1C[C@H](O)C[C@H]1C(=O)N1C[C@H](O)C[C@H]1C(=O)NCC(=O)N1C[C@H](O)C[C@H]1C(=O)N1C[C@H](O)C[C@H]1C(=O)O. The number of nitrogens with zero attached hydrogens (tertiary/aromatic N) is 4. The molecule has 4 saturated heterocycles. The topological polar surface area (TPSA) is 255 Å². The molecule has 42 heavy (non-hydrogen) atoms. The lowest BCUT2D eigenvalue weighted by molar-refractivity contribution is -0.151. The van der Waals surface area contributed by atoms with Crippen LogP contribution in [-0.2, 0) is 28.8 Å². The minimum Gasteiger partial charge on any atom is -0.480 e. The number of aliphatic hydroxyl groups excluding tert-OH is 4. The van der Waals surface area contributed by atoms with Gasteiger partial charge in [-0.25, -0.2) is 4.79 Å². The van der Waals surface area contributed by atoms with Crippen LogP contribution in [0.5, 0.6) is 0 Å². The molecule has 5 amide bonds. The minimum absolute atomic E-state index is 0.0326. The Morgan fingerprint density at radius 3 is 1.50 bits per heavy atom. The lowest BCUT2D eigenvalue weighted by atomic mass is 10.1. The average Bonchev–Trinajstić information content (AvgIpc) is 3.71. The molecule has 0 aliphatic carbocycles. The highest BCUT2D eigenvalue weighted by atomic mass is 16.4. The molecule has 4 aliphatic rings. The van der Waals surface area contributed by atoms with Gasteiger partial charge in [-0.2, -0.15) is 0 Å². The first kappa shape index (κ1) is 31.6. The van der Waals surface area contributed by atoms with Crippen molar-refractivity contribution >= 4 is 35.5 Å². The molecule has 0 bridgehead atoms. The summed E-state index contributed by atoms with van der Waals surface area (Å²) in [6.45, 7) is -1.29. The number of aliphatic hydroxyl groups is 4. The highest BCUT2D eigenvalue weighted by Gasteiger charge is 2.48. The summed E-state index contributed by atoms with van der Waals surface area (Å²) in [6, 6.07) is -4.69. The Labute approximate surface area is 240 Å². The molecule has 17 nitrogen and oxygen atoms in total. The molecule has 0 aromatic carbocycles. The molecule has 4 fully saturated rings. The largest absolute Gasteiger partial charge is 0.480 e. The minimum atomic E-state index is -1.31. The molecule has 0 unspecified atom stereocenters. The zero-order valence-corrected chi connectivity index (χ0v) is 22.9. The zero-order valence-electron chi connectivity index (χ0n) is 22.9. The second kappa shape index (κ2) is 12.9. The van der Waals surface area contributed by atoms with Gasteiger partial charge >= 0.3 is 5.97 Å². The summed E-state index contributed by atoms with van der Waals surface area (Å²) >= 11 is 0. The molecule has 0 radical (unpaired) electrons. The van der Waals surface area contributed by atoms with Crippen LogP contribution in [0.25, 0.3) is 0 Å². The first-order valence-corrected chi connectivity index (χ1v) is 13.9. The third-order valence-corrected chi connectivity index (χ3v) is 8.25. The Hall–Kier alpha value is -3.38. The molecule has 0 saturated carbocycles. The lowest BCUT2D eigenvalue weighted by Crippen LogP contribution is -2.55. The highest BCUT2D eigenvalue weighted by molar-refractivity contribution is 5.96. The first-order chi connectivity index (χ1) is 19.8. The van der Waals surface area contributed by atoms with E-state index in [1.807, 2.05) is 0 Å². The van der Waals surface area contributed by atoms with Gasteiger partial charge < -0.3 is 56.2 Å². The van der Waals surface area contributed by atoms with E-state index in [1.54, 1.807) is 0 Å². The number of carboxylic acid groups (broad SMARTS) is 1. The van der Waals surface area contributed by atoms with Crippen LogP contribution < -0.4 is 11.1 Å². The number of carbonyl (C=O) groups excluding carboxylic acids is 5. The molecular formula is C25H38N6O11. The third-order valence-electron chi connectivity index (χ3n) is 8.25. The van der Waals surface area contributed by atoms with Gasteiger partial charge in [0.2, 0.25) is 29.5 Å². The van der Waals surface area contributed by atoms with E-state index >= 15 is 0 Å². The van der Waals surface area contributed by atoms with Crippen molar-refractivity contribution in [2.75, 3.05) is 39.3 Å². The van der Waals surface area contributed by atoms with Crippen molar-refractivity contribution in [1.82, 2.24) is 24.9 Å². The number of hydrogen-bond donors (Lipinski definition) is 7. The van der Waals surface area contributed by atoms with Crippen molar-refractivity contribution in [1.29, 1.82) is 0 Å². The van der Waals surface area contributed by atoms with E-state index in [1.165, 1.54) is 4.90 Å².